The van der Waals surface area contributed by atoms with Crippen molar-refractivity contribution in [1.29, 1.82) is 0 Å². The van der Waals surface area contributed by atoms with Crippen molar-refractivity contribution in [3.63, 3.8) is 0 Å². The van der Waals surface area contributed by atoms with Gasteiger partial charge in [0, 0.05) is 23.7 Å². The predicted molar refractivity (Wildman–Crippen MR) is 113 cm³/mol. The molecule has 152 valence electrons. The number of benzene rings is 2. The fourth-order valence-electron chi connectivity index (χ4n) is 3.71. The number of nitro groups is 1. The first-order valence-corrected chi connectivity index (χ1v) is 10.1. The lowest BCUT2D eigenvalue weighted by Gasteiger charge is -2.15. The molecule has 8 heteroatoms. The van der Waals surface area contributed by atoms with Gasteiger partial charge in [-0.25, -0.2) is 0 Å². The topological polar surface area (TPSA) is 73.4 Å². The Hall–Kier alpha value is -2.64. The van der Waals surface area contributed by atoms with E-state index in [1.165, 1.54) is 6.07 Å². The Morgan fingerprint density at radius 1 is 1.21 bits per heavy atom. The first kappa shape index (κ1) is 19.7. The molecule has 0 bridgehead atoms. The molecule has 4 rings (SSSR count). The highest BCUT2D eigenvalue weighted by Crippen LogP contribution is 2.31. The molecule has 1 unspecified atom stereocenters. The third-order valence-corrected chi connectivity index (χ3v) is 5.59. The molecule has 1 aromatic heterocycles. The van der Waals surface area contributed by atoms with Gasteiger partial charge in [0.05, 0.1) is 22.4 Å². The highest BCUT2D eigenvalue weighted by Gasteiger charge is 2.21. The van der Waals surface area contributed by atoms with Gasteiger partial charge in [0.25, 0.3) is 5.69 Å². The smallest absolute Gasteiger partial charge is 0.270 e. The van der Waals surface area contributed by atoms with Gasteiger partial charge in [0.1, 0.15) is 6.10 Å². The van der Waals surface area contributed by atoms with Crippen molar-refractivity contribution in [1.82, 2.24) is 14.7 Å². The zero-order valence-electron chi connectivity index (χ0n) is 16.3. The van der Waals surface area contributed by atoms with Gasteiger partial charge in [-0.05, 0) is 56.6 Å². The van der Waals surface area contributed by atoms with Crippen LogP contribution in [0.5, 0.6) is 5.88 Å². The minimum absolute atomic E-state index is 0.0361. The predicted octanol–water partition coefficient (Wildman–Crippen LogP) is 4.51. The van der Waals surface area contributed by atoms with Crippen molar-refractivity contribution >= 4 is 28.2 Å². The number of ether oxygens (including phenoxy) is 1. The van der Waals surface area contributed by atoms with E-state index in [0.29, 0.717) is 22.8 Å². The number of likely N-dealkylation sites (tertiary alicyclic amines) is 1. The molecule has 0 amide bonds. The minimum Gasteiger partial charge on any atom is -0.473 e. The number of nitro benzene ring substituents is 1. The second kappa shape index (κ2) is 8.39. The van der Waals surface area contributed by atoms with Gasteiger partial charge >= 0.3 is 0 Å². The van der Waals surface area contributed by atoms with Gasteiger partial charge < -0.3 is 9.64 Å². The number of fused-ring (bicyclic) bond motifs is 1. The van der Waals surface area contributed by atoms with E-state index in [-0.39, 0.29) is 16.7 Å². The summed E-state index contributed by atoms with van der Waals surface area (Å²) in [6.07, 6.45) is 2.98. The van der Waals surface area contributed by atoms with Crippen LogP contribution < -0.4 is 4.74 Å². The maximum atomic E-state index is 11.3. The van der Waals surface area contributed by atoms with Crippen molar-refractivity contribution in [2.24, 2.45) is 0 Å². The van der Waals surface area contributed by atoms with Gasteiger partial charge in [-0.3, -0.25) is 14.8 Å². The summed E-state index contributed by atoms with van der Waals surface area (Å²) < 4.78 is 8.10. The quantitative estimate of drug-likeness (QED) is 0.453. The molecule has 0 spiro atoms. The Morgan fingerprint density at radius 3 is 2.76 bits per heavy atom. The Balaban J connectivity index is 1.68. The van der Waals surface area contributed by atoms with Gasteiger partial charge in [-0.1, -0.05) is 23.7 Å². The molecule has 7 nitrogen and oxygen atoms in total. The van der Waals surface area contributed by atoms with E-state index in [9.17, 15) is 10.1 Å². The summed E-state index contributed by atoms with van der Waals surface area (Å²) >= 11 is 5.98. The maximum absolute atomic E-state index is 11.3. The van der Waals surface area contributed by atoms with Gasteiger partial charge in [0.15, 0.2) is 0 Å². The summed E-state index contributed by atoms with van der Waals surface area (Å²) in [5.41, 5.74) is 1.89. The maximum Gasteiger partial charge on any atom is 0.270 e. The molecule has 29 heavy (non-hydrogen) atoms. The molecule has 2 aromatic carbocycles. The number of hydrogen-bond donors (Lipinski definition) is 0. The lowest BCUT2D eigenvalue weighted by Crippen LogP contribution is -2.21. The third kappa shape index (κ3) is 4.52. The number of rotatable bonds is 5. The molecule has 1 saturated heterocycles. The minimum atomic E-state index is -0.389. The molecule has 1 atom stereocenters. The van der Waals surface area contributed by atoms with E-state index < -0.39 is 0 Å². The van der Waals surface area contributed by atoms with Gasteiger partial charge in [-0.2, -0.15) is 0 Å². The van der Waals surface area contributed by atoms with E-state index in [4.69, 9.17) is 16.3 Å². The first-order valence-electron chi connectivity index (χ1n) is 9.74. The van der Waals surface area contributed by atoms with Crippen molar-refractivity contribution in [2.75, 3.05) is 20.1 Å². The van der Waals surface area contributed by atoms with E-state index in [2.05, 4.69) is 17.0 Å². The summed E-state index contributed by atoms with van der Waals surface area (Å²) in [7, 11) is 2.11. The molecule has 0 saturated carbocycles. The second-order valence-electron chi connectivity index (χ2n) is 7.52. The van der Waals surface area contributed by atoms with Crippen LogP contribution in [0.3, 0.4) is 0 Å². The van der Waals surface area contributed by atoms with Gasteiger partial charge in [-0.15, -0.1) is 5.10 Å². The molecule has 1 aliphatic rings. The summed E-state index contributed by atoms with van der Waals surface area (Å²) in [5.74, 6) is 0.465. The molecule has 3 aromatic rings. The van der Waals surface area contributed by atoms with Crippen molar-refractivity contribution in [2.45, 2.75) is 31.9 Å². The number of hydrogen-bond acceptors (Lipinski definition) is 5. The Labute approximate surface area is 174 Å². The highest BCUT2D eigenvalue weighted by atomic mass is 35.5. The fraction of sp³-hybridized carbons (Fsp3) is 0.381. The first-order chi connectivity index (χ1) is 14.0. The average molecular weight is 415 g/mol. The van der Waals surface area contributed by atoms with Crippen LogP contribution in [0.2, 0.25) is 5.02 Å². The van der Waals surface area contributed by atoms with Crippen LogP contribution in [0.15, 0.2) is 42.5 Å². The van der Waals surface area contributed by atoms with E-state index in [1.54, 1.807) is 12.1 Å². The van der Waals surface area contributed by atoms with Crippen molar-refractivity contribution in [3.8, 4) is 5.88 Å². The molecule has 0 radical (unpaired) electrons. The normalized spacial score (nSPS) is 17.9. The fourth-order valence-corrected chi connectivity index (χ4v) is 3.83. The van der Waals surface area contributed by atoms with E-state index in [1.807, 2.05) is 28.9 Å². The number of halogens is 1. The van der Waals surface area contributed by atoms with Crippen LogP contribution in [-0.2, 0) is 6.54 Å². The zero-order chi connectivity index (χ0) is 20.4. The van der Waals surface area contributed by atoms with Crippen LogP contribution in [0, 0.1) is 10.1 Å². The largest absolute Gasteiger partial charge is 0.473 e. The highest BCUT2D eigenvalue weighted by molar-refractivity contribution is 6.30. The average Bonchev–Trinajstić information content (AvgIpc) is 2.89. The van der Waals surface area contributed by atoms with Crippen LogP contribution >= 0.6 is 11.6 Å². The standard InChI is InChI=1S/C21H23ClN4O3/c1-24-11-2-3-18(10-12-24)29-21-19-13-17(26(27)28)8-9-20(19)25(23-21)14-15-4-6-16(22)7-5-15/h4-9,13,18H,2-3,10-12,14H2,1H3. The van der Waals surface area contributed by atoms with Crippen LogP contribution in [0.1, 0.15) is 24.8 Å². The molecule has 1 aliphatic heterocycles. The molecule has 0 aliphatic carbocycles. The summed E-state index contributed by atoms with van der Waals surface area (Å²) in [4.78, 5) is 13.2. The van der Waals surface area contributed by atoms with E-state index in [0.717, 1.165) is 43.4 Å². The zero-order valence-corrected chi connectivity index (χ0v) is 17.0. The summed E-state index contributed by atoms with van der Waals surface area (Å²) in [6.45, 7) is 2.55. The van der Waals surface area contributed by atoms with Crippen LogP contribution in [0.4, 0.5) is 5.69 Å². The SMILES string of the molecule is CN1CCCC(Oc2nn(Cc3ccc(Cl)cc3)c3ccc([N+](=O)[O-])cc23)CC1. The van der Waals surface area contributed by atoms with Crippen molar-refractivity contribution in [3.05, 3.63) is 63.2 Å². The number of non-ortho nitro benzene ring substituents is 1. The Bertz CT molecular complexity index is 1020. The molecule has 2 heterocycles. The van der Waals surface area contributed by atoms with Gasteiger partial charge in [0.2, 0.25) is 5.88 Å². The summed E-state index contributed by atoms with van der Waals surface area (Å²) in [5, 5.41) is 17.3. The molecular weight excluding hydrogens is 392 g/mol. The third-order valence-electron chi connectivity index (χ3n) is 5.33. The lowest BCUT2D eigenvalue weighted by atomic mass is 10.1. The lowest BCUT2D eigenvalue weighted by molar-refractivity contribution is -0.384. The molecule has 1 fully saturated rings. The van der Waals surface area contributed by atoms with E-state index >= 15 is 0 Å². The van der Waals surface area contributed by atoms with Crippen molar-refractivity contribution < 1.29 is 9.66 Å². The monoisotopic (exact) mass is 414 g/mol. The Kier molecular flexibility index (Phi) is 5.69. The molecular formula is C21H23ClN4O3. The number of nitrogens with zero attached hydrogens (tertiary/aromatic N) is 4. The summed E-state index contributed by atoms with van der Waals surface area (Å²) in [6, 6.07) is 12.4. The Morgan fingerprint density at radius 2 is 2.00 bits per heavy atom. The van der Waals surface area contributed by atoms with Crippen LogP contribution in [-0.4, -0.2) is 45.8 Å². The number of aromatic nitrogens is 2. The molecule has 0 N–H and O–H groups in total. The second-order valence-corrected chi connectivity index (χ2v) is 7.96. The van der Waals surface area contributed by atoms with Crippen LogP contribution in [0.25, 0.3) is 10.9 Å².